The standard InChI is InChI=1S/C15H21FN2/c1-4-11(2)18(3)8-7-12-10-17-15-6-5-13(16)9-14(12)15/h5-6,9-11,17H,4,7-8H2,1-3H3. The number of rotatable bonds is 5. The Labute approximate surface area is 108 Å². The fraction of sp³-hybridized carbons (Fsp3) is 0.467. The molecule has 3 heteroatoms. The van der Waals surface area contributed by atoms with Gasteiger partial charge in [-0.1, -0.05) is 6.92 Å². The van der Waals surface area contributed by atoms with Crippen LogP contribution in [-0.2, 0) is 6.42 Å². The summed E-state index contributed by atoms with van der Waals surface area (Å²) in [5.41, 5.74) is 2.21. The molecule has 1 heterocycles. The fourth-order valence-electron chi connectivity index (χ4n) is 2.19. The lowest BCUT2D eigenvalue weighted by Crippen LogP contribution is -2.30. The molecule has 0 amide bonds. The van der Waals surface area contributed by atoms with Gasteiger partial charge in [0.05, 0.1) is 0 Å². The van der Waals surface area contributed by atoms with Crippen molar-refractivity contribution in [2.45, 2.75) is 32.7 Å². The molecule has 0 spiro atoms. The molecule has 0 radical (unpaired) electrons. The average molecular weight is 248 g/mol. The first-order valence-electron chi connectivity index (χ1n) is 6.57. The lowest BCUT2D eigenvalue weighted by Gasteiger charge is -2.23. The maximum atomic E-state index is 13.3. The summed E-state index contributed by atoms with van der Waals surface area (Å²) in [6, 6.07) is 5.50. The van der Waals surface area contributed by atoms with Crippen molar-refractivity contribution < 1.29 is 4.39 Å². The van der Waals surface area contributed by atoms with Crippen molar-refractivity contribution in [3.05, 3.63) is 35.8 Å². The first-order chi connectivity index (χ1) is 8.61. The normalized spacial score (nSPS) is 13.4. The van der Waals surface area contributed by atoms with Crippen LogP contribution in [0, 0.1) is 5.82 Å². The fourth-order valence-corrected chi connectivity index (χ4v) is 2.19. The van der Waals surface area contributed by atoms with Crippen molar-refractivity contribution in [3.8, 4) is 0 Å². The summed E-state index contributed by atoms with van der Waals surface area (Å²) in [4.78, 5) is 5.54. The highest BCUT2D eigenvalue weighted by Gasteiger charge is 2.09. The van der Waals surface area contributed by atoms with Crippen LogP contribution >= 0.6 is 0 Å². The van der Waals surface area contributed by atoms with Gasteiger partial charge in [0.15, 0.2) is 0 Å². The monoisotopic (exact) mass is 248 g/mol. The number of aromatic nitrogens is 1. The van der Waals surface area contributed by atoms with Gasteiger partial charge in [-0.15, -0.1) is 0 Å². The van der Waals surface area contributed by atoms with Gasteiger partial charge in [-0.2, -0.15) is 0 Å². The Hall–Kier alpha value is -1.35. The van der Waals surface area contributed by atoms with Gasteiger partial charge in [0.2, 0.25) is 0 Å². The van der Waals surface area contributed by atoms with Crippen LogP contribution in [0.15, 0.2) is 24.4 Å². The summed E-state index contributed by atoms with van der Waals surface area (Å²) in [7, 11) is 2.14. The lowest BCUT2D eigenvalue weighted by atomic mass is 10.1. The number of fused-ring (bicyclic) bond motifs is 1. The van der Waals surface area contributed by atoms with E-state index in [1.54, 1.807) is 12.1 Å². The van der Waals surface area contributed by atoms with Crippen molar-refractivity contribution >= 4 is 10.9 Å². The molecule has 0 saturated heterocycles. The van der Waals surface area contributed by atoms with Crippen molar-refractivity contribution in [1.29, 1.82) is 0 Å². The third-order valence-corrected chi connectivity index (χ3v) is 3.81. The van der Waals surface area contributed by atoms with Gasteiger partial charge in [-0.05, 0) is 50.6 Å². The van der Waals surface area contributed by atoms with E-state index in [-0.39, 0.29) is 5.82 Å². The van der Waals surface area contributed by atoms with Crippen LogP contribution in [0.2, 0.25) is 0 Å². The second-order valence-corrected chi connectivity index (χ2v) is 4.99. The molecular weight excluding hydrogens is 227 g/mol. The predicted octanol–water partition coefficient (Wildman–Crippen LogP) is 3.58. The molecule has 18 heavy (non-hydrogen) atoms. The van der Waals surface area contributed by atoms with Gasteiger partial charge in [0.25, 0.3) is 0 Å². The Morgan fingerprint density at radius 1 is 1.39 bits per heavy atom. The first-order valence-corrected chi connectivity index (χ1v) is 6.57. The SMILES string of the molecule is CCC(C)N(C)CCc1c[nH]c2ccc(F)cc12. The molecule has 0 fully saturated rings. The molecule has 0 saturated carbocycles. The molecule has 98 valence electrons. The molecule has 1 aromatic heterocycles. The molecule has 2 rings (SSSR count). The average Bonchev–Trinajstić information content (AvgIpc) is 2.77. The van der Waals surface area contributed by atoms with Gasteiger partial charge in [0, 0.05) is 29.7 Å². The summed E-state index contributed by atoms with van der Waals surface area (Å²) in [5, 5.41) is 1.01. The maximum Gasteiger partial charge on any atom is 0.123 e. The number of hydrogen-bond donors (Lipinski definition) is 1. The number of likely N-dealkylation sites (N-methyl/N-ethyl adjacent to an activating group) is 1. The minimum absolute atomic E-state index is 0.168. The highest BCUT2D eigenvalue weighted by atomic mass is 19.1. The van der Waals surface area contributed by atoms with Crippen molar-refractivity contribution in [2.24, 2.45) is 0 Å². The third kappa shape index (κ3) is 2.72. The van der Waals surface area contributed by atoms with Gasteiger partial charge in [-0.3, -0.25) is 0 Å². The molecule has 0 bridgehead atoms. The summed E-state index contributed by atoms with van der Waals surface area (Å²) in [5.74, 6) is -0.168. The van der Waals surface area contributed by atoms with Gasteiger partial charge in [-0.25, -0.2) is 4.39 Å². The van der Waals surface area contributed by atoms with Gasteiger partial charge >= 0.3 is 0 Å². The van der Waals surface area contributed by atoms with Crippen molar-refractivity contribution in [1.82, 2.24) is 9.88 Å². The number of benzene rings is 1. The molecule has 0 aliphatic carbocycles. The van der Waals surface area contributed by atoms with Crippen molar-refractivity contribution in [3.63, 3.8) is 0 Å². The van der Waals surface area contributed by atoms with E-state index >= 15 is 0 Å². The first kappa shape index (κ1) is 13.1. The second kappa shape index (κ2) is 5.53. The number of hydrogen-bond acceptors (Lipinski definition) is 1. The second-order valence-electron chi connectivity index (χ2n) is 4.99. The van der Waals surface area contributed by atoms with E-state index < -0.39 is 0 Å². The zero-order valence-corrected chi connectivity index (χ0v) is 11.3. The maximum absolute atomic E-state index is 13.3. The van der Waals surface area contributed by atoms with E-state index in [4.69, 9.17) is 0 Å². The number of H-pyrrole nitrogens is 1. The van der Waals surface area contributed by atoms with Crippen LogP contribution in [0.1, 0.15) is 25.8 Å². The van der Waals surface area contributed by atoms with Crippen LogP contribution in [0.4, 0.5) is 4.39 Å². The van der Waals surface area contributed by atoms with E-state index in [2.05, 4.69) is 30.8 Å². The molecule has 1 unspecified atom stereocenters. The predicted molar refractivity (Wildman–Crippen MR) is 74.3 cm³/mol. The van der Waals surface area contributed by atoms with Crippen LogP contribution in [0.25, 0.3) is 10.9 Å². The Morgan fingerprint density at radius 2 is 2.17 bits per heavy atom. The number of aromatic amines is 1. The van der Waals surface area contributed by atoms with E-state index in [9.17, 15) is 4.39 Å². The van der Waals surface area contributed by atoms with Crippen LogP contribution in [0.5, 0.6) is 0 Å². The Bertz CT molecular complexity index is 518. The van der Waals surface area contributed by atoms with Gasteiger partial charge in [0.1, 0.15) is 5.82 Å². The van der Waals surface area contributed by atoms with Crippen molar-refractivity contribution in [2.75, 3.05) is 13.6 Å². The number of nitrogens with zero attached hydrogens (tertiary/aromatic N) is 1. The van der Waals surface area contributed by atoms with E-state index in [1.807, 2.05) is 6.20 Å². The minimum Gasteiger partial charge on any atom is -0.361 e. The van der Waals surface area contributed by atoms with E-state index in [1.165, 1.54) is 11.6 Å². The molecule has 2 nitrogen and oxygen atoms in total. The molecule has 1 atom stereocenters. The largest absolute Gasteiger partial charge is 0.361 e. The van der Waals surface area contributed by atoms with Crippen LogP contribution < -0.4 is 0 Å². The van der Waals surface area contributed by atoms with E-state index in [0.717, 1.165) is 30.3 Å². The van der Waals surface area contributed by atoms with Crippen LogP contribution in [-0.4, -0.2) is 29.5 Å². The molecule has 0 aliphatic heterocycles. The number of halogens is 1. The molecular formula is C15H21FN2. The quantitative estimate of drug-likeness (QED) is 0.857. The zero-order valence-electron chi connectivity index (χ0n) is 11.3. The summed E-state index contributed by atoms with van der Waals surface area (Å²) >= 11 is 0. The van der Waals surface area contributed by atoms with Gasteiger partial charge < -0.3 is 9.88 Å². The van der Waals surface area contributed by atoms with Crippen LogP contribution in [0.3, 0.4) is 0 Å². The molecule has 2 aromatic rings. The number of nitrogens with one attached hydrogen (secondary N) is 1. The molecule has 0 aliphatic rings. The molecule has 1 aromatic carbocycles. The zero-order chi connectivity index (χ0) is 13.1. The Balaban J connectivity index is 2.10. The highest BCUT2D eigenvalue weighted by Crippen LogP contribution is 2.20. The third-order valence-electron chi connectivity index (χ3n) is 3.81. The smallest absolute Gasteiger partial charge is 0.123 e. The highest BCUT2D eigenvalue weighted by molar-refractivity contribution is 5.83. The van der Waals surface area contributed by atoms with E-state index in [0.29, 0.717) is 6.04 Å². The Morgan fingerprint density at radius 3 is 2.89 bits per heavy atom. The summed E-state index contributed by atoms with van der Waals surface area (Å²) < 4.78 is 13.3. The topological polar surface area (TPSA) is 19.0 Å². The molecule has 1 N–H and O–H groups in total. The lowest BCUT2D eigenvalue weighted by molar-refractivity contribution is 0.255. The summed E-state index contributed by atoms with van der Waals surface area (Å²) in [6.07, 6.45) is 4.10. The minimum atomic E-state index is -0.168. The summed E-state index contributed by atoms with van der Waals surface area (Å²) in [6.45, 7) is 5.43. The Kier molecular flexibility index (Phi) is 4.02.